The van der Waals surface area contributed by atoms with Crippen LogP contribution in [0.4, 0.5) is 0 Å². The molecule has 0 N–H and O–H groups in total. The zero-order chi connectivity index (χ0) is 33.9. The van der Waals surface area contributed by atoms with Gasteiger partial charge in [-0.2, -0.15) is 0 Å². The zero-order valence-electron chi connectivity index (χ0n) is 28.0. The molecule has 11 aromatic rings. The number of fused-ring (bicyclic) bond motifs is 16. The van der Waals surface area contributed by atoms with E-state index in [9.17, 15) is 0 Å². The molecule has 0 amide bonds. The van der Waals surface area contributed by atoms with Crippen LogP contribution in [0.1, 0.15) is 22.7 Å². The van der Waals surface area contributed by atoms with Crippen molar-refractivity contribution in [2.45, 2.75) is 5.92 Å². The fourth-order valence-electron chi connectivity index (χ4n) is 9.05. The van der Waals surface area contributed by atoms with Crippen LogP contribution in [0.15, 0.2) is 164 Å². The van der Waals surface area contributed by atoms with Crippen molar-refractivity contribution in [1.82, 2.24) is 9.97 Å². The SMILES string of the molecule is c1ccc2c(c1)-c1c(c3sc4ccc5ccccc5c4c3c3ccccc13)C2c1nc2ccccc2nc1-c1ccc2ccc3ccccc3c2c1. The summed E-state index contributed by atoms with van der Waals surface area (Å²) < 4.78 is 2.65. The third kappa shape index (κ3) is 3.83. The van der Waals surface area contributed by atoms with Crippen LogP contribution in [0.2, 0.25) is 0 Å². The molecule has 2 aromatic heterocycles. The maximum atomic E-state index is 5.61. The summed E-state index contributed by atoms with van der Waals surface area (Å²) in [5, 5.41) is 12.8. The van der Waals surface area contributed by atoms with E-state index in [2.05, 4.69) is 164 Å². The van der Waals surface area contributed by atoms with Crippen molar-refractivity contribution in [3.05, 3.63) is 181 Å². The molecule has 52 heavy (non-hydrogen) atoms. The molecule has 240 valence electrons. The number of rotatable bonds is 2. The number of benzene rings is 9. The lowest BCUT2D eigenvalue weighted by atomic mass is 9.87. The van der Waals surface area contributed by atoms with Crippen LogP contribution in [0.5, 0.6) is 0 Å². The van der Waals surface area contributed by atoms with Gasteiger partial charge in [0.1, 0.15) is 0 Å². The summed E-state index contributed by atoms with van der Waals surface area (Å²) >= 11 is 1.93. The summed E-state index contributed by atoms with van der Waals surface area (Å²) in [6.45, 7) is 0. The van der Waals surface area contributed by atoms with E-state index in [4.69, 9.17) is 9.97 Å². The number of para-hydroxylation sites is 2. The van der Waals surface area contributed by atoms with Crippen molar-refractivity contribution in [2.75, 3.05) is 0 Å². The average Bonchev–Trinajstić information content (AvgIpc) is 3.77. The Morgan fingerprint density at radius 3 is 1.92 bits per heavy atom. The Morgan fingerprint density at radius 2 is 1.08 bits per heavy atom. The van der Waals surface area contributed by atoms with Gasteiger partial charge in [0.05, 0.1) is 28.3 Å². The Bertz CT molecular complexity index is 3320. The van der Waals surface area contributed by atoms with Crippen LogP contribution >= 0.6 is 11.3 Å². The second kappa shape index (κ2) is 10.6. The molecule has 0 saturated carbocycles. The van der Waals surface area contributed by atoms with E-state index in [-0.39, 0.29) is 5.92 Å². The van der Waals surface area contributed by atoms with Crippen LogP contribution in [-0.2, 0) is 0 Å². The first kappa shape index (κ1) is 28.3. The van der Waals surface area contributed by atoms with E-state index < -0.39 is 0 Å². The second-order valence-electron chi connectivity index (χ2n) is 14.0. The summed E-state index contributed by atoms with van der Waals surface area (Å²) in [5.74, 6) is -0.104. The van der Waals surface area contributed by atoms with E-state index >= 15 is 0 Å². The van der Waals surface area contributed by atoms with Crippen LogP contribution in [-0.4, -0.2) is 9.97 Å². The van der Waals surface area contributed by atoms with Crippen LogP contribution in [0, 0.1) is 0 Å². The summed E-state index contributed by atoms with van der Waals surface area (Å²) in [7, 11) is 0. The molecular formula is C49H28N2S. The number of hydrogen-bond acceptors (Lipinski definition) is 3. The predicted molar refractivity (Wildman–Crippen MR) is 221 cm³/mol. The molecule has 0 spiro atoms. The summed E-state index contributed by atoms with van der Waals surface area (Å²) in [6, 6.07) is 59.7. The van der Waals surface area contributed by atoms with Gasteiger partial charge in [0.2, 0.25) is 0 Å². The third-order valence-corrected chi connectivity index (χ3v) is 12.5. The first-order valence-corrected chi connectivity index (χ1v) is 18.7. The lowest BCUT2D eigenvalue weighted by molar-refractivity contribution is 0.958. The van der Waals surface area contributed by atoms with E-state index in [0.717, 1.165) is 28.0 Å². The Hall–Kier alpha value is -6.42. The van der Waals surface area contributed by atoms with Gasteiger partial charge in [-0.15, -0.1) is 11.3 Å². The predicted octanol–water partition coefficient (Wildman–Crippen LogP) is 13.4. The third-order valence-electron chi connectivity index (χ3n) is 11.3. The molecule has 9 aromatic carbocycles. The maximum absolute atomic E-state index is 5.61. The van der Waals surface area contributed by atoms with Crippen molar-refractivity contribution in [3.8, 4) is 22.4 Å². The normalized spacial score (nSPS) is 14.0. The van der Waals surface area contributed by atoms with Gasteiger partial charge in [-0.05, 0) is 89.6 Å². The summed E-state index contributed by atoms with van der Waals surface area (Å²) in [5.41, 5.74) is 10.1. The van der Waals surface area contributed by atoms with E-state index in [1.807, 2.05) is 11.3 Å². The molecule has 0 bridgehead atoms. The number of hydrogen-bond donors (Lipinski definition) is 0. The number of nitrogens with zero attached hydrogens (tertiary/aromatic N) is 2. The van der Waals surface area contributed by atoms with Gasteiger partial charge in [0, 0.05) is 25.7 Å². The molecule has 1 atom stereocenters. The standard InChI is InChI=1S/C49H28N2S/c1-3-13-32-28(11-1)21-22-30-23-24-31(27-38(30)32)47-48(51-40-20-10-9-19-39(40)50-47)44-36-17-7-5-15-34(36)42-35-16-6-8-18-37(35)45-43-33-14-4-2-12-29(33)25-26-41(43)52-49(45)46(42)44/h1-27,44H. The van der Waals surface area contributed by atoms with Crippen LogP contribution < -0.4 is 0 Å². The highest BCUT2D eigenvalue weighted by Gasteiger charge is 2.37. The van der Waals surface area contributed by atoms with Crippen LogP contribution in [0.3, 0.4) is 0 Å². The van der Waals surface area contributed by atoms with E-state index in [0.29, 0.717) is 0 Å². The average molecular weight is 677 g/mol. The monoisotopic (exact) mass is 676 g/mol. The first-order valence-electron chi connectivity index (χ1n) is 17.9. The molecular weight excluding hydrogens is 649 g/mol. The highest BCUT2D eigenvalue weighted by Crippen LogP contribution is 2.57. The molecule has 0 fully saturated rings. The molecule has 0 aliphatic heterocycles. The topological polar surface area (TPSA) is 25.8 Å². The fraction of sp³-hybridized carbons (Fsp3) is 0.0204. The van der Waals surface area contributed by atoms with E-state index in [1.165, 1.54) is 85.5 Å². The minimum absolute atomic E-state index is 0.104. The molecule has 12 rings (SSSR count). The fourth-order valence-corrected chi connectivity index (χ4v) is 10.4. The lowest BCUT2D eigenvalue weighted by Crippen LogP contribution is -2.07. The largest absolute Gasteiger partial charge is 0.248 e. The molecule has 1 aliphatic carbocycles. The molecule has 2 heterocycles. The molecule has 1 aliphatic rings. The van der Waals surface area contributed by atoms with Gasteiger partial charge < -0.3 is 0 Å². The highest BCUT2D eigenvalue weighted by atomic mass is 32.1. The minimum atomic E-state index is -0.104. The molecule has 0 saturated heterocycles. The van der Waals surface area contributed by atoms with Gasteiger partial charge in [-0.3, -0.25) is 0 Å². The summed E-state index contributed by atoms with van der Waals surface area (Å²) in [6.07, 6.45) is 0. The lowest BCUT2D eigenvalue weighted by Gasteiger charge is -2.19. The van der Waals surface area contributed by atoms with Crippen molar-refractivity contribution >= 4 is 85.6 Å². The maximum Gasteiger partial charge on any atom is 0.0935 e. The minimum Gasteiger partial charge on any atom is -0.248 e. The molecule has 2 nitrogen and oxygen atoms in total. The highest BCUT2D eigenvalue weighted by molar-refractivity contribution is 7.26. The van der Waals surface area contributed by atoms with Gasteiger partial charge in [0.25, 0.3) is 0 Å². The smallest absolute Gasteiger partial charge is 0.0935 e. The van der Waals surface area contributed by atoms with Crippen molar-refractivity contribution in [2.24, 2.45) is 0 Å². The number of aromatic nitrogens is 2. The Kier molecular flexibility index (Phi) is 5.74. The quantitative estimate of drug-likeness (QED) is 0.170. The summed E-state index contributed by atoms with van der Waals surface area (Å²) in [4.78, 5) is 11.1. The van der Waals surface area contributed by atoms with Gasteiger partial charge >= 0.3 is 0 Å². The van der Waals surface area contributed by atoms with Crippen molar-refractivity contribution < 1.29 is 0 Å². The number of thiophene rings is 1. The Balaban J connectivity index is 1.24. The van der Waals surface area contributed by atoms with Crippen molar-refractivity contribution in [1.29, 1.82) is 0 Å². The van der Waals surface area contributed by atoms with Crippen LogP contribution in [0.25, 0.3) is 96.7 Å². The molecule has 0 radical (unpaired) electrons. The van der Waals surface area contributed by atoms with Crippen molar-refractivity contribution in [3.63, 3.8) is 0 Å². The van der Waals surface area contributed by atoms with Gasteiger partial charge in [-0.1, -0.05) is 140 Å². The zero-order valence-corrected chi connectivity index (χ0v) is 28.8. The first-order chi connectivity index (χ1) is 25.8. The van der Waals surface area contributed by atoms with Gasteiger partial charge in [-0.25, -0.2) is 9.97 Å². The molecule has 3 heteroatoms. The van der Waals surface area contributed by atoms with E-state index in [1.54, 1.807) is 0 Å². The Morgan fingerprint density at radius 1 is 0.462 bits per heavy atom. The van der Waals surface area contributed by atoms with Gasteiger partial charge in [0.15, 0.2) is 0 Å². The Labute approximate surface area is 303 Å². The second-order valence-corrected chi connectivity index (χ2v) is 15.0. The molecule has 1 unspecified atom stereocenters.